The van der Waals surface area contributed by atoms with Crippen LogP contribution in [0.3, 0.4) is 0 Å². The summed E-state index contributed by atoms with van der Waals surface area (Å²) in [6.07, 6.45) is 31.9. The lowest BCUT2D eigenvalue weighted by Crippen LogP contribution is -2.64. The van der Waals surface area contributed by atoms with Gasteiger partial charge in [0, 0.05) is 0 Å². The summed E-state index contributed by atoms with van der Waals surface area (Å²) in [6, 6.07) is -1.26. The summed E-state index contributed by atoms with van der Waals surface area (Å²) in [4.78, 5) is 23.5. The SMILES string of the molecule is CCCCC/C=C\C=C/CCCCCCCCCCC(O)CC(=O)NC(COP(=O)(O)OC1C(O)C(O)C(O)C(O)C1O)C(O)/C=C/CC/C=C/CCCCCCCCCCCC. The van der Waals surface area contributed by atoms with Crippen molar-refractivity contribution in [3.05, 3.63) is 48.6 Å². The van der Waals surface area contributed by atoms with E-state index in [1.807, 2.05) is 0 Å². The minimum absolute atomic E-state index is 0.258. The zero-order chi connectivity index (χ0) is 46.6. The van der Waals surface area contributed by atoms with Gasteiger partial charge in [-0.3, -0.25) is 13.8 Å². The monoisotopic (exact) mass is 916 g/mol. The Morgan fingerprint density at radius 1 is 0.571 bits per heavy atom. The lowest BCUT2D eigenvalue weighted by molar-refractivity contribution is -0.220. The number of aliphatic hydroxyl groups excluding tert-OH is 7. The Morgan fingerprint density at radius 2 is 0.984 bits per heavy atom. The maximum atomic E-state index is 13.0. The van der Waals surface area contributed by atoms with Gasteiger partial charge in [0.2, 0.25) is 5.91 Å². The molecule has 9 N–H and O–H groups in total. The second-order valence-corrected chi connectivity index (χ2v) is 18.9. The zero-order valence-electron chi connectivity index (χ0n) is 39.0. The molecular weight excluding hydrogens is 826 g/mol. The first-order valence-corrected chi connectivity index (χ1v) is 26.2. The van der Waals surface area contributed by atoms with Crippen molar-refractivity contribution in [1.29, 1.82) is 0 Å². The van der Waals surface area contributed by atoms with Crippen LogP contribution in [0.2, 0.25) is 0 Å². The van der Waals surface area contributed by atoms with Crippen molar-refractivity contribution in [3.63, 3.8) is 0 Å². The number of allylic oxidation sites excluding steroid dienone is 7. The number of nitrogens with one attached hydrogen (secondary N) is 1. The van der Waals surface area contributed by atoms with Crippen molar-refractivity contribution in [3.8, 4) is 0 Å². The van der Waals surface area contributed by atoms with Gasteiger partial charge in [-0.25, -0.2) is 4.57 Å². The Kier molecular flexibility index (Phi) is 36.1. The number of carbonyl (C=O) groups is 1. The predicted molar refractivity (Wildman–Crippen MR) is 252 cm³/mol. The molecule has 0 saturated heterocycles. The molecule has 0 aromatic carbocycles. The van der Waals surface area contributed by atoms with Crippen LogP contribution in [0.4, 0.5) is 0 Å². The summed E-state index contributed by atoms with van der Waals surface area (Å²) in [5, 5.41) is 74.5. The highest BCUT2D eigenvalue weighted by Crippen LogP contribution is 2.47. The van der Waals surface area contributed by atoms with Gasteiger partial charge >= 0.3 is 7.82 Å². The molecule has 1 fully saturated rings. The van der Waals surface area contributed by atoms with Crippen molar-refractivity contribution in [2.24, 2.45) is 0 Å². The number of carbonyl (C=O) groups excluding carboxylic acids is 1. The van der Waals surface area contributed by atoms with Crippen LogP contribution in [0.1, 0.15) is 194 Å². The van der Waals surface area contributed by atoms with Crippen LogP contribution in [0.25, 0.3) is 0 Å². The molecule has 0 bridgehead atoms. The molecule has 1 aliphatic carbocycles. The van der Waals surface area contributed by atoms with Crippen molar-refractivity contribution >= 4 is 13.7 Å². The Balaban J connectivity index is 2.54. The molecule has 0 aliphatic heterocycles. The van der Waals surface area contributed by atoms with E-state index in [0.29, 0.717) is 12.8 Å². The molecule has 0 spiro atoms. The number of amides is 1. The fourth-order valence-corrected chi connectivity index (χ4v) is 8.57. The lowest BCUT2D eigenvalue weighted by Gasteiger charge is -2.41. The van der Waals surface area contributed by atoms with Gasteiger partial charge in [-0.15, -0.1) is 0 Å². The predicted octanol–water partition coefficient (Wildman–Crippen LogP) is 8.70. The van der Waals surface area contributed by atoms with Crippen LogP contribution in [-0.4, -0.2) is 108 Å². The number of hydrogen-bond donors (Lipinski definition) is 9. The van der Waals surface area contributed by atoms with Gasteiger partial charge in [0.05, 0.1) is 31.3 Å². The van der Waals surface area contributed by atoms with E-state index in [9.17, 15) is 50.0 Å². The smallest absolute Gasteiger partial charge is 0.393 e. The van der Waals surface area contributed by atoms with E-state index in [1.54, 1.807) is 6.08 Å². The van der Waals surface area contributed by atoms with Crippen LogP contribution >= 0.6 is 7.82 Å². The lowest BCUT2D eigenvalue weighted by atomic mass is 9.85. The molecule has 368 valence electrons. The van der Waals surface area contributed by atoms with Crippen LogP contribution in [0.15, 0.2) is 48.6 Å². The molecule has 13 nitrogen and oxygen atoms in total. The highest BCUT2D eigenvalue weighted by atomic mass is 31.2. The maximum absolute atomic E-state index is 13.0. The third kappa shape index (κ3) is 30.2. The van der Waals surface area contributed by atoms with E-state index < -0.39 is 75.2 Å². The zero-order valence-corrected chi connectivity index (χ0v) is 39.9. The number of rotatable bonds is 40. The van der Waals surface area contributed by atoms with Crippen LogP contribution < -0.4 is 5.32 Å². The normalized spacial score (nSPS) is 23.3. The minimum atomic E-state index is -5.15. The van der Waals surface area contributed by atoms with Gasteiger partial charge in [-0.2, -0.15) is 0 Å². The molecule has 1 rings (SSSR count). The Bertz CT molecular complexity index is 1260. The standard InChI is InChI=1S/C49H90NO12P/c1-3-5-7-9-11-13-15-17-19-21-22-24-26-28-30-32-34-36-40(51)38-43(53)50-41(39-61-63(59,60)62-49-47(57)45(55)44(54)46(56)48(49)58)42(52)37-35-33-31-29-27-25-23-20-18-16-14-12-10-8-6-4-2/h11,13,15,17,27,29,35,37,40-42,44-49,51-52,54-58H,3-10,12,14,16,18-26,28,30-34,36,38-39H2,1-2H3,(H,50,53)(H,59,60)/b13-11-,17-15-,29-27+,37-35+. The molecule has 63 heavy (non-hydrogen) atoms. The van der Waals surface area contributed by atoms with Crippen LogP contribution in [0, 0.1) is 0 Å². The van der Waals surface area contributed by atoms with Crippen molar-refractivity contribution in [2.45, 2.75) is 249 Å². The molecule has 1 amide bonds. The van der Waals surface area contributed by atoms with E-state index in [2.05, 4.69) is 55.6 Å². The number of unbranched alkanes of at least 4 members (excludes halogenated alkanes) is 22. The minimum Gasteiger partial charge on any atom is -0.393 e. The first kappa shape index (κ1) is 59.3. The fourth-order valence-electron chi connectivity index (χ4n) is 7.60. The largest absolute Gasteiger partial charge is 0.472 e. The van der Waals surface area contributed by atoms with E-state index in [1.165, 1.54) is 109 Å². The van der Waals surface area contributed by atoms with Crippen molar-refractivity contribution < 1.29 is 59.0 Å². The molecule has 0 aromatic heterocycles. The number of hydrogen-bond acceptors (Lipinski definition) is 11. The first-order chi connectivity index (χ1) is 30.3. The summed E-state index contributed by atoms with van der Waals surface area (Å²) >= 11 is 0. The summed E-state index contributed by atoms with van der Waals surface area (Å²) < 4.78 is 22.9. The molecule has 8 atom stereocenters. The number of aliphatic hydroxyl groups is 7. The van der Waals surface area contributed by atoms with Gasteiger partial charge in [-0.1, -0.05) is 178 Å². The maximum Gasteiger partial charge on any atom is 0.472 e. The van der Waals surface area contributed by atoms with Crippen molar-refractivity contribution in [2.75, 3.05) is 6.61 Å². The highest BCUT2D eigenvalue weighted by Gasteiger charge is 2.51. The molecule has 8 unspecified atom stereocenters. The Labute approximate surface area is 380 Å². The van der Waals surface area contributed by atoms with Gasteiger partial charge in [0.15, 0.2) is 0 Å². The molecule has 0 aromatic rings. The quantitative estimate of drug-likeness (QED) is 0.0122. The van der Waals surface area contributed by atoms with Gasteiger partial charge < -0.3 is 46.0 Å². The summed E-state index contributed by atoms with van der Waals surface area (Å²) in [5.74, 6) is -0.608. The van der Waals surface area contributed by atoms with E-state index in [-0.39, 0.29) is 6.42 Å². The van der Waals surface area contributed by atoms with Gasteiger partial charge in [0.25, 0.3) is 0 Å². The molecule has 0 heterocycles. The number of phosphoric ester groups is 1. The Hall–Kier alpha value is -1.74. The average molecular weight is 916 g/mol. The average Bonchev–Trinajstić information content (AvgIpc) is 3.26. The molecule has 1 saturated carbocycles. The van der Waals surface area contributed by atoms with Crippen molar-refractivity contribution in [1.82, 2.24) is 5.32 Å². The second-order valence-electron chi connectivity index (χ2n) is 17.5. The third-order valence-electron chi connectivity index (χ3n) is 11.7. The summed E-state index contributed by atoms with van der Waals surface area (Å²) in [7, 11) is -5.15. The Morgan fingerprint density at radius 3 is 1.52 bits per heavy atom. The summed E-state index contributed by atoms with van der Waals surface area (Å²) in [6.45, 7) is 3.70. The summed E-state index contributed by atoms with van der Waals surface area (Å²) in [5.41, 5.74) is 0. The molecule has 14 heteroatoms. The van der Waals surface area contributed by atoms with Gasteiger partial charge in [0.1, 0.15) is 36.6 Å². The van der Waals surface area contributed by atoms with Gasteiger partial charge in [-0.05, 0) is 57.8 Å². The number of phosphoric acid groups is 1. The topological polar surface area (TPSA) is 226 Å². The second kappa shape index (κ2) is 38.4. The highest BCUT2D eigenvalue weighted by molar-refractivity contribution is 7.47. The van der Waals surface area contributed by atoms with Crippen LogP contribution in [0.5, 0.6) is 0 Å². The van der Waals surface area contributed by atoms with E-state index >= 15 is 0 Å². The van der Waals surface area contributed by atoms with E-state index in [4.69, 9.17) is 9.05 Å². The molecular formula is C49H90NO12P. The molecule has 0 radical (unpaired) electrons. The third-order valence-corrected chi connectivity index (χ3v) is 12.6. The molecule has 1 aliphatic rings. The van der Waals surface area contributed by atoms with E-state index in [0.717, 1.165) is 57.8 Å². The first-order valence-electron chi connectivity index (χ1n) is 24.7. The fraction of sp³-hybridized carbons (Fsp3) is 0.816. The van der Waals surface area contributed by atoms with Crippen LogP contribution in [-0.2, 0) is 18.4 Å².